The number of aromatic nitrogens is 2. The summed E-state index contributed by atoms with van der Waals surface area (Å²) >= 11 is 0. The Bertz CT molecular complexity index is 938. The van der Waals surface area contributed by atoms with Gasteiger partial charge in [0.2, 0.25) is 0 Å². The molecule has 2 atom stereocenters. The van der Waals surface area contributed by atoms with Gasteiger partial charge in [-0.1, -0.05) is 18.9 Å². The zero-order valence-corrected chi connectivity index (χ0v) is 23.9. The lowest BCUT2D eigenvalue weighted by Gasteiger charge is -2.40. The van der Waals surface area contributed by atoms with E-state index in [2.05, 4.69) is 28.9 Å². The maximum absolute atomic E-state index is 12.4. The zero-order chi connectivity index (χ0) is 26.6. The van der Waals surface area contributed by atoms with Crippen molar-refractivity contribution in [3.8, 4) is 0 Å². The first-order valence-corrected chi connectivity index (χ1v) is 14.1. The molecule has 1 aromatic rings. The Morgan fingerprint density at radius 2 is 1.95 bits per heavy atom. The summed E-state index contributed by atoms with van der Waals surface area (Å²) in [6, 6.07) is 0. The second kappa shape index (κ2) is 11.9. The highest BCUT2D eigenvalue weighted by Crippen LogP contribution is 2.52. The lowest BCUT2D eigenvalue weighted by molar-refractivity contribution is -0.0396. The molecule has 4 rings (SSSR count). The number of amides is 1. The molecule has 2 fully saturated rings. The van der Waals surface area contributed by atoms with E-state index in [1.54, 1.807) is 11.9 Å². The van der Waals surface area contributed by atoms with Gasteiger partial charge in [0.1, 0.15) is 11.8 Å². The average molecular weight is 517 g/mol. The summed E-state index contributed by atoms with van der Waals surface area (Å²) in [5.74, 6) is 0. The van der Waals surface area contributed by atoms with Crippen LogP contribution in [-0.4, -0.2) is 78.3 Å². The predicted octanol–water partition coefficient (Wildman–Crippen LogP) is 5.63. The van der Waals surface area contributed by atoms with Gasteiger partial charge < -0.3 is 24.0 Å². The van der Waals surface area contributed by atoms with Gasteiger partial charge in [-0.2, -0.15) is 5.10 Å². The monoisotopic (exact) mass is 516 g/mol. The van der Waals surface area contributed by atoms with Crippen molar-refractivity contribution in [3.63, 3.8) is 0 Å². The minimum atomic E-state index is -0.492. The summed E-state index contributed by atoms with van der Waals surface area (Å²) in [6.45, 7) is 8.59. The van der Waals surface area contributed by atoms with E-state index in [4.69, 9.17) is 19.3 Å². The van der Waals surface area contributed by atoms with E-state index in [0.29, 0.717) is 12.6 Å². The molecule has 3 aliphatic rings. The molecule has 2 heterocycles. The van der Waals surface area contributed by atoms with E-state index >= 15 is 0 Å². The van der Waals surface area contributed by atoms with Crippen LogP contribution in [0.3, 0.4) is 0 Å². The molecule has 1 amide bonds. The summed E-state index contributed by atoms with van der Waals surface area (Å²) in [5.41, 5.74) is 3.45. The molecule has 1 spiro atoms. The van der Waals surface area contributed by atoms with E-state index in [0.717, 1.165) is 51.1 Å². The number of ether oxygens (including phenoxy) is 3. The number of hydrogen-bond acceptors (Lipinski definition) is 6. The van der Waals surface area contributed by atoms with Gasteiger partial charge >= 0.3 is 6.09 Å². The Balaban J connectivity index is 1.50. The molecule has 0 aromatic carbocycles. The highest BCUT2D eigenvalue weighted by atomic mass is 16.6. The number of methoxy groups -OCH3 is 1. The van der Waals surface area contributed by atoms with Crippen LogP contribution in [0.4, 0.5) is 4.79 Å². The van der Waals surface area contributed by atoms with Gasteiger partial charge in [0, 0.05) is 57.6 Å². The van der Waals surface area contributed by atoms with Gasteiger partial charge in [-0.3, -0.25) is 0 Å². The topological polar surface area (TPSA) is 69.1 Å². The van der Waals surface area contributed by atoms with Crippen LogP contribution in [0.5, 0.6) is 0 Å². The largest absolute Gasteiger partial charge is 0.444 e. The summed E-state index contributed by atoms with van der Waals surface area (Å²) in [6.07, 6.45) is 14.9. The zero-order valence-electron chi connectivity index (χ0n) is 23.9. The molecule has 0 bridgehead atoms. The minimum absolute atomic E-state index is 0.0150. The van der Waals surface area contributed by atoms with E-state index in [1.807, 2.05) is 27.9 Å². The van der Waals surface area contributed by atoms with Crippen LogP contribution in [0.15, 0.2) is 12.3 Å². The quantitative estimate of drug-likeness (QED) is 0.446. The molecule has 1 aromatic heterocycles. The van der Waals surface area contributed by atoms with E-state index in [-0.39, 0.29) is 17.7 Å². The summed E-state index contributed by atoms with van der Waals surface area (Å²) in [7, 11) is 5.77. The number of nitrogens with zero attached hydrogens (tertiary/aromatic N) is 4. The molecule has 1 aliphatic heterocycles. The van der Waals surface area contributed by atoms with Crippen molar-refractivity contribution in [2.24, 2.45) is 5.41 Å². The van der Waals surface area contributed by atoms with E-state index < -0.39 is 5.60 Å². The van der Waals surface area contributed by atoms with Crippen molar-refractivity contribution in [1.29, 1.82) is 0 Å². The van der Waals surface area contributed by atoms with Crippen LogP contribution in [0, 0.1) is 5.41 Å². The lowest BCUT2D eigenvalue weighted by Crippen LogP contribution is -2.38. The Labute approximate surface area is 223 Å². The normalized spacial score (nSPS) is 23.9. The maximum atomic E-state index is 12.4. The number of carbonyl (C=O) groups excluding carboxylic acids is 1. The van der Waals surface area contributed by atoms with E-state index in [9.17, 15) is 4.79 Å². The number of likely N-dealkylation sites (N-methyl/N-ethyl adjacent to an activating group) is 2. The standard InChI is InChI=1S/C29H48N4O4/c1-28(2,3)37-27(34)32(5)17-16-31(4)20-23-21-33(25-11-7-10-18-36-25)30-26(23)22-12-13-24(35-6)29(19-22)14-8-9-15-29/h12,21,24-25H,7-11,13-20H2,1-6H3. The molecule has 8 nitrogen and oxygen atoms in total. The third-order valence-corrected chi connectivity index (χ3v) is 8.21. The number of hydrogen-bond donors (Lipinski definition) is 0. The van der Waals surface area contributed by atoms with Gasteiger partial charge in [-0.15, -0.1) is 0 Å². The molecule has 0 radical (unpaired) electrons. The van der Waals surface area contributed by atoms with Gasteiger partial charge in [-0.05, 0) is 78.3 Å². The third kappa shape index (κ3) is 6.95. The fourth-order valence-corrected chi connectivity index (χ4v) is 6.19. The van der Waals surface area contributed by atoms with Crippen molar-refractivity contribution in [2.45, 2.75) is 103 Å². The lowest BCUT2D eigenvalue weighted by atomic mass is 9.70. The molecule has 0 N–H and O–H groups in total. The number of rotatable bonds is 8. The van der Waals surface area contributed by atoms with Crippen LogP contribution in [0.2, 0.25) is 0 Å². The molecular formula is C29H48N4O4. The summed E-state index contributed by atoms with van der Waals surface area (Å²) < 4.78 is 19.6. The maximum Gasteiger partial charge on any atom is 0.410 e. The highest BCUT2D eigenvalue weighted by molar-refractivity contribution is 5.68. The Kier molecular flexibility index (Phi) is 9.02. The summed E-state index contributed by atoms with van der Waals surface area (Å²) in [5, 5.41) is 5.15. The van der Waals surface area contributed by atoms with Crippen molar-refractivity contribution < 1.29 is 19.0 Å². The van der Waals surface area contributed by atoms with Gasteiger partial charge in [0.05, 0.1) is 11.8 Å². The van der Waals surface area contributed by atoms with Crippen molar-refractivity contribution >= 4 is 11.7 Å². The molecule has 8 heteroatoms. The molecule has 208 valence electrons. The van der Waals surface area contributed by atoms with Crippen molar-refractivity contribution in [2.75, 3.05) is 40.9 Å². The Morgan fingerprint density at radius 3 is 2.59 bits per heavy atom. The molecular weight excluding hydrogens is 468 g/mol. The van der Waals surface area contributed by atoms with Crippen LogP contribution < -0.4 is 0 Å². The molecule has 1 saturated carbocycles. The first-order valence-electron chi connectivity index (χ1n) is 14.1. The number of carbonyl (C=O) groups is 1. The summed E-state index contributed by atoms with van der Waals surface area (Å²) in [4.78, 5) is 16.3. The SMILES string of the molecule is COC1CC=C(c2nn(C3CCCCO3)cc2CN(C)CCN(C)C(=O)OC(C)(C)C)CC12CCCC2. The highest BCUT2D eigenvalue weighted by Gasteiger charge is 2.44. The van der Waals surface area contributed by atoms with E-state index in [1.165, 1.54) is 43.2 Å². The molecule has 1 saturated heterocycles. The Morgan fingerprint density at radius 1 is 1.19 bits per heavy atom. The molecule has 37 heavy (non-hydrogen) atoms. The van der Waals surface area contributed by atoms with Gasteiger partial charge in [0.25, 0.3) is 0 Å². The van der Waals surface area contributed by atoms with Gasteiger partial charge in [0.15, 0.2) is 0 Å². The van der Waals surface area contributed by atoms with Crippen molar-refractivity contribution in [3.05, 3.63) is 23.5 Å². The van der Waals surface area contributed by atoms with Crippen molar-refractivity contribution in [1.82, 2.24) is 19.6 Å². The second-order valence-corrected chi connectivity index (χ2v) is 12.4. The van der Waals surface area contributed by atoms with Crippen LogP contribution in [-0.2, 0) is 20.8 Å². The second-order valence-electron chi connectivity index (χ2n) is 12.4. The predicted molar refractivity (Wildman–Crippen MR) is 145 cm³/mol. The van der Waals surface area contributed by atoms with Crippen LogP contribution in [0.1, 0.15) is 96.0 Å². The van der Waals surface area contributed by atoms with Gasteiger partial charge in [-0.25, -0.2) is 9.48 Å². The molecule has 2 unspecified atom stereocenters. The number of allylic oxidation sites excluding steroid dienone is 1. The van der Waals surface area contributed by atoms with Crippen LogP contribution >= 0.6 is 0 Å². The third-order valence-electron chi connectivity index (χ3n) is 8.21. The first kappa shape index (κ1) is 28.1. The minimum Gasteiger partial charge on any atom is -0.444 e. The fourth-order valence-electron chi connectivity index (χ4n) is 6.19. The first-order chi connectivity index (χ1) is 17.6. The smallest absolute Gasteiger partial charge is 0.410 e. The fraction of sp³-hybridized carbons (Fsp3) is 0.793. The Hall–Kier alpha value is -1.90. The average Bonchev–Trinajstić information content (AvgIpc) is 3.49. The van der Waals surface area contributed by atoms with Crippen LogP contribution in [0.25, 0.3) is 5.57 Å². The molecule has 2 aliphatic carbocycles.